The molecule has 0 radical (unpaired) electrons. The number of aromatic nitrogens is 2. The van der Waals surface area contributed by atoms with Gasteiger partial charge < -0.3 is 10.2 Å². The minimum Gasteiger partial charge on any atom is -0.370 e. The Morgan fingerprint density at radius 1 is 1.20 bits per heavy atom. The summed E-state index contributed by atoms with van der Waals surface area (Å²) >= 11 is 5.85. The van der Waals surface area contributed by atoms with Crippen LogP contribution in [0.2, 0.25) is 5.02 Å². The second-order valence-corrected chi connectivity index (χ2v) is 8.16. The molecule has 0 aliphatic carbocycles. The quantitative estimate of drug-likeness (QED) is 0.669. The first-order chi connectivity index (χ1) is 14.5. The van der Waals surface area contributed by atoms with E-state index < -0.39 is 0 Å². The van der Waals surface area contributed by atoms with Crippen molar-refractivity contribution in [1.29, 1.82) is 5.26 Å². The fraction of sp³-hybridized carbons (Fsp3) is 0.304. The Balaban J connectivity index is 1.54. The lowest BCUT2D eigenvalue weighted by atomic mass is 9.94. The van der Waals surface area contributed by atoms with Crippen molar-refractivity contribution in [3.05, 3.63) is 58.4 Å². The molecule has 1 aromatic carbocycles. The average molecular weight is 420 g/mol. The van der Waals surface area contributed by atoms with Crippen molar-refractivity contribution in [3.8, 4) is 6.07 Å². The topological polar surface area (TPSA) is 81.9 Å². The molecule has 3 heterocycles. The van der Waals surface area contributed by atoms with Crippen LogP contribution in [0.1, 0.15) is 29.5 Å². The molecule has 0 unspecified atom stereocenters. The summed E-state index contributed by atoms with van der Waals surface area (Å²) in [6, 6.07) is 9.89. The minimum atomic E-state index is -0.0964. The molecule has 0 atom stereocenters. The number of piperidine rings is 1. The third kappa shape index (κ3) is 3.94. The number of fused-ring (bicyclic) bond motifs is 1. The maximum atomic E-state index is 12.7. The number of hydrogen-bond donors (Lipinski definition) is 1. The van der Waals surface area contributed by atoms with E-state index in [1.165, 1.54) is 6.20 Å². The summed E-state index contributed by atoms with van der Waals surface area (Å²) in [5.41, 5.74) is 4.65. The number of nitrogens with zero attached hydrogens (tertiary/aromatic N) is 4. The third-order valence-electron chi connectivity index (χ3n) is 5.56. The summed E-state index contributed by atoms with van der Waals surface area (Å²) in [6.45, 7) is 5.50. The predicted molar refractivity (Wildman–Crippen MR) is 119 cm³/mol. The van der Waals surface area contributed by atoms with E-state index in [0.29, 0.717) is 42.3 Å². The monoisotopic (exact) mass is 419 g/mol. The van der Waals surface area contributed by atoms with Crippen molar-refractivity contribution in [2.45, 2.75) is 26.7 Å². The Bertz CT molecular complexity index is 1140. The van der Waals surface area contributed by atoms with Gasteiger partial charge in [0.25, 0.3) is 0 Å². The molecule has 6 nitrogen and oxygen atoms in total. The van der Waals surface area contributed by atoms with E-state index in [1.807, 2.05) is 6.92 Å². The molecule has 0 bridgehead atoms. The highest BCUT2D eigenvalue weighted by atomic mass is 35.5. The van der Waals surface area contributed by atoms with Gasteiger partial charge in [-0.25, -0.2) is 4.98 Å². The first kappa shape index (κ1) is 20.1. The zero-order valence-corrected chi connectivity index (χ0v) is 17.7. The molecule has 152 valence electrons. The van der Waals surface area contributed by atoms with E-state index >= 15 is 0 Å². The number of carbonyl (C=O) groups excluding carboxylic acids is 1. The normalized spacial score (nSPS) is 14.5. The first-order valence-electron chi connectivity index (χ1n) is 9.93. The molecule has 3 aromatic rings. The molecule has 1 aliphatic heterocycles. The number of nitriles is 1. The molecular weight excluding hydrogens is 398 g/mol. The molecule has 1 N–H and O–H groups in total. The highest BCUT2D eigenvalue weighted by Crippen LogP contribution is 2.34. The van der Waals surface area contributed by atoms with Crippen molar-refractivity contribution in [2.24, 2.45) is 5.92 Å². The smallest absolute Gasteiger partial charge is 0.228 e. The third-order valence-corrected chi connectivity index (χ3v) is 5.78. The standard InChI is InChI=1S/C23H22ClN5O/c1-14-9-15(2)21-19(10-14)22(17(11-25)12-27-21)29-7-5-16(6-8-29)23(30)28-20-4-3-18(24)13-26-20/h3-4,9-10,12-13,16H,5-8H2,1-2H3,(H,26,28,30). The highest BCUT2D eigenvalue weighted by Gasteiger charge is 2.27. The molecule has 0 saturated carbocycles. The van der Waals surface area contributed by atoms with Crippen molar-refractivity contribution < 1.29 is 4.79 Å². The van der Waals surface area contributed by atoms with Crippen molar-refractivity contribution in [3.63, 3.8) is 0 Å². The van der Waals surface area contributed by atoms with Crippen molar-refractivity contribution in [1.82, 2.24) is 9.97 Å². The van der Waals surface area contributed by atoms with E-state index in [4.69, 9.17) is 11.6 Å². The largest absolute Gasteiger partial charge is 0.370 e. The van der Waals surface area contributed by atoms with Crippen LogP contribution in [0.4, 0.5) is 11.5 Å². The maximum Gasteiger partial charge on any atom is 0.228 e. The molecule has 4 rings (SSSR count). The summed E-state index contributed by atoms with van der Waals surface area (Å²) < 4.78 is 0. The Hall–Kier alpha value is -3.17. The van der Waals surface area contributed by atoms with Crippen LogP contribution in [0.5, 0.6) is 0 Å². The number of pyridine rings is 2. The molecule has 7 heteroatoms. The summed E-state index contributed by atoms with van der Waals surface area (Å²) in [5, 5.41) is 14.1. The van der Waals surface area contributed by atoms with Crippen LogP contribution in [0.15, 0.2) is 36.7 Å². The lowest BCUT2D eigenvalue weighted by molar-refractivity contribution is -0.120. The van der Waals surface area contributed by atoms with Crippen molar-refractivity contribution in [2.75, 3.05) is 23.3 Å². The predicted octanol–water partition coefficient (Wildman–Crippen LogP) is 4.63. The van der Waals surface area contributed by atoms with Gasteiger partial charge in [0.2, 0.25) is 5.91 Å². The van der Waals surface area contributed by atoms with Crippen LogP contribution < -0.4 is 10.2 Å². The van der Waals surface area contributed by atoms with E-state index in [-0.39, 0.29) is 11.8 Å². The van der Waals surface area contributed by atoms with E-state index in [0.717, 1.165) is 27.7 Å². The number of anilines is 2. The number of hydrogen-bond acceptors (Lipinski definition) is 5. The van der Waals surface area contributed by atoms with Gasteiger partial charge in [-0.05, 0) is 50.5 Å². The van der Waals surface area contributed by atoms with Gasteiger partial charge in [0, 0.05) is 36.8 Å². The number of rotatable bonds is 3. The van der Waals surface area contributed by atoms with Crippen LogP contribution in [0.3, 0.4) is 0 Å². The van der Waals surface area contributed by atoms with Crippen LogP contribution >= 0.6 is 11.6 Å². The molecule has 1 saturated heterocycles. The number of amides is 1. The Kier molecular flexibility index (Phi) is 5.56. The maximum absolute atomic E-state index is 12.7. The number of benzene rings is 1. The van der Waals surface area contributed by atoms with E-state index in [1.54, 1.807) is 18.3 Å². The molecule has 0 spiro atoms. The fourth-order valence-corrected chi connectivity index (χ4v) is 4.22. The highest BCUT2D eigenvalue weighted by molar-refractivity contribution is 6.30. The SMILES string of the molecule is Cc1cc(C)c2ncc(C#N)c(N3CCC(C(=O)Nc4ccc(Cl)cn4)CC3)c2c1. The summed E-state index contributed by atoms with van der Waals surface area (Å²) in [7, 11) is 0. The number of carbonyl (C=O) groups is 1. The Labute approximate surface area is 180 Å². The van der Waals surface area contributed by atoms with Crippen LogP contribution in [-0.2, 0) is 4.79 Å². The Morgan fingerprint density at radius 2 is 1.97 bits per heavy atom. The summed E-state index contributed by atoms with van der Waals surface area (Å²) in [5.74, 6) is 0.377. The van der Waals surface area contributed by atoms with Gasteiger partial charge in [0.1, 0.15) is 11.9 Å². The van der Waals surface area contributed by atoms with Gasteiger partial charge >= 0.3 is 0 Å². The van der Waals surface area contributed by atoms with Crippen molar-refractivity contribution >= 4 is 39.9 Å². The molecule has 1 aliphatic rings. The average Bonchev–Trinajstić information content (AvgIpc) is 2.74. The zero-order chi connectivity index (χ0) is 21.3. The minimum absolute atomic E-state index is 0.0312. The molecule has 30 heavy (non-hydrogen) atoms. The van der Waals surface area contributed by atoms with Crippen LogP contribution in [0, 0.1) is 31.1 Å². The summed E-state index contributed by atoms with van der Waals surface area (Å²) in [4.78, 5) is 23.5. The number of nitrogens with one attached hydrogen (secondary N) is 1. The molecule has 1 fully saturated rings. The lowest BCUT2D eigenvalue weighted by Gasteiger charge is -2.34. The van der Waals surface area contributed by atoms with Gasteiger partial charge in [-0.3, -0.25) is 9.78 Å². The number of halogens is 1. The second kappa shape index (κ2) is 8.29. The van der Waals surface area contributed by atoms with Gasteiger partial charge in [0.05, 0.1) is 21.8 Å². The van der Waals surface area contributed by atoms with Crippen LogP contribution in [-0.4, -0.2) is 29.0 Å². The van der Waals surface area contributed by atoms with Crippen LogP contribution in [0.25, 0.3) is 10.9 Å². The van der Waals surface area contributed by atoms with Gasteiger partial charge in [-0.1, -0.05) is 23.2 Å². The summed E-state index contributed by atoms with van der Waals surface area (Å²) in [6.07, 6.45) is 4.59. The molecular formula is C23H22ClN5O. The Morgan fingerprint density at radius 3 is 2.63 bits per heavy atom. The number of aryl methyl sites for hydroxylation is 2. The van der Waals surface area contributed by atoms with Gasteiger partial charge in [-0.15, -0.1) is 0 Å². The van der Waals surface area contributed by atoms with E-state index in [9.17, 15) is 10.1 Å². The fourth-order valence-electron chi connectivity index (χ4n) is 4.11. The zero-order valence-electron chi connectivity index (χ0n) is 16.9. The molecule has 1 amide bonds. The van der Waals surface area contributed by atoms with E-state index in [2.05, 4.69) is 45.3 Å². The first-order valence-corrected chi connectivity index (χ1v) is 10.3. The van der Waals surface area contributed by atoms with Gasteiger partial charge in [0.15, 0.2) is 0 Å². The second-order valence-electron chi connectivity index (χ2n) is 7.72. The molecule has 2 aromatic heterocycles. The van der Waals surface area contributed by atoms with Gasteiger partial charge in [-0.2, -0.15) is 5.26 Å². The lowest BCUT2D eigenvalue weighted by Crippen LogP contribution is -2.38.